The van der Waals surface area contributed by atoms with Crippen LogP contribution in [0, 0.1) is 61.8 Å². The summed E-state index contributed by atoms with van der Waals surface area (Å²) in [6.45, 7) is 51.3. The van der Waals surface area contributed by atoms with Gasteiger partial charge in [0.1, 0.15) is 46.5 Å². The zero-order valence-electron chi connectivity index (χ0n) is 79.5. The Labute approximate surface area is 842 Å². The molecule has 0 spiro atoms. The van der Waals surface area contributed by atoms with Gasteiger partial charge in [-0.1, -0.05) is 242 Å². The second-order valence-electron chi connectivity index (χ2n) is 38.5. The first-order valence-corrected chi connectivity index (χ1v) is 50.0. The van der Waals surface area contributed by atoms with Crippen LogP contribution in [0.15, 0.2) is 243 Å². The third-order valence-corrected chi connectivity index (χ3v) is 41.2. The first-order valence-electron chi connectivity index (χ1n) is 43.9. The van der Waals surface area contributed by atoms with Crippen LogP contribution in [0.1, 0.15) is 154 Å². The fraction of sp³-hybridized carbons (Fsp3) is 0.346. The molecule has 16 nitrogen and oxygen atoms in total. The van der Waals surface area contributed by atoms with Crippen molar-refractivity contribution in [3.05, 3.63) is 317 Å². The van der Waals surface area contributed by atoms with Crippen molar-refractivity contribution in [3.8, 4) is 0 Å². The standard InChI is InChI=1S/C29H38N4Si.C26H32N4Si.C25H23F5N4.C24H23F3N4.4Ir/c1-8-34(9-2,10-3)29(6,7)28(4,5)25-21-30-26-27(31-25)33(24-19-15-12-16-20-24)22-32(26)23-17-13-11-14-18-23;1-25(2,26(3,4)31(5,6)7)22-18-27-23-24(28-22)30(21-16-12-9-13-17-21)19-29(23)20-14-10-8-11-15-20;1-22(2,23(3,4)24(26,27)25(28,29)30)19-15-31-20-21(32-19)34(18-13-9-6-10-14-18)16-33(20)17-11-7-5-8-12-17;1-22(2,23(3,4)24(25,26)27)19-15-28-20-21(29-19)31(18-13-9-6-10-14-18)16-30(20)17-11-7-5-8-12-17;;;;/h11-19,21-22H,8-10H2,1-7H3;8-16,18-19H,1-7H3;5-13,15-16H,1-4H3;5-13,15-16H,1-4H3;;;;/q4*-2;;;;. The summed E-state index contributed by atoms with van der Waals surface area (Å²) in [7, 11) is -3.02. The van der Waals surface area contributed by atoms with Crippen LogP contribution in [0.5, 0.6) is 0 Å². The molecule has 0 saturated carbocycles. The van der Waals surface area contributed by atoms with E-state index in [2.05, 4.69) is 216 Å². The number of hydrogen-bond donors (Lipinski definition) is 0. The molecule has 4 radical (unpaired) electrons. The third-order valence-electron chi connectivity index (χ3n) is 29.5. The zero-order chi connectivity index (χ0) is 94.4. The summed E-state index contributed by atoms with van der Waals surface area (Å²) in [5.41, 5.74) is 1.67. The molecule has 16 rings (SSSR count). The minimum absolute atomic E-state index is 0. The fourth-order valence-corrected chi connectivity index (χ4v) is 24.5. The molecule has 4 aliphatic heterocycles. The van der Waals surface area contributed by atoms with Crippen LogP contribution in [0.25, 0.3) is 0 Å². The van der Waals surface area contributed by atoms with Gasteiger partial charge in [0.15, 0.2) is 0 Å². The van der Waals surface area contributed by atoms with E-state index >= 15 is 0 Å². The average Bonchev–Trinajstić information content (AvgIpc) is 1.53. The first-order chi connectivity index (χ1) is 61.1. The molecule has 720 valence electrons. The average molecular weight is 2570 g/mol. The Morgan fingerprint density at radius 3 is 0.709 bits per heavy atom. The summed E-state index contributed by atoms with van der Waals surface area (Å²) in [4.78, 5) is 54.4. The molecule has 0 bridgehead atoms. The van der Waals surface area contributed by atoms with Gasteiger partial charge in [-0.15, -0.1) is 49.4 Å². The smallest absolute Gasteiger partial charge is 0.453 e. The van der Waals surface area contributed by atoms with Gasteiger partial charge in [-0.25, -0.2) is 39.9 Å². The predicted molar refractivity (Wildman–Crippen MR) is 515 cm³/mol. The zero-order valence-corrected chi connectivity index (χ0v) is 91.1. The number of alkyl halides is 8. The molecule has 8 heterocycles. The molecular formula is C104H116F8Ir4N16Si2-8. The summed E-state index contributed by atoms with van der Waals surface area (Å²) >= 11 is 0. The van der Waals surface area contributed by atoms with Crippen molar-refractivity contribution in [1.82, 2.24) is 39.9 Å². The molecule has 12 aromatic rings. The van der Waals surface area contributed by atoms with Crippen LogP contribution < -0.4 is 39.2 Å². The minimum Gasteiger partial charge on any atom is -0.477 e. The maximum atomic E-state index is 14.6. The van der Waals surface area contributed by atoms with Gasteiger partial charge < -0.3 is 39.2 Å². The molecule has 0 amide bonds. The van der Waals surface area contributed by atoms with Gasteiger partial charge in [0.25, 0.3) is 0 Å². The number of hydrogen-bond acceptors (Lipinski definition) is 16. The maximum absolute atomic E-state index is 14.6. The Balaban J connectivity index is 0.000000199. The van der Waals surface area contributed by atoms with E-state index in [0.717, 1.165) is 88.3 Å². The fourth-order valence-electron chi connectivity index (χ4n) is 16.9. The Morgan fingerprint density at radius 2 is 0.500 bits per heavy atom. The third kappa shape index (κ3) is 20.2. The van der Waals surface area contributed by atoms with Crippen LogP contribution in [-0.4, -0.2) is 74.3 Å². The van der Waals surface area contributed by atoms with E-state index in [1.54, 1.807) is 65.5 Å². The normalized spacial score (nSPS) is 14.3. The Morgan fingerprint density at radius 1 is 0.276 bits per heavy atom. The van der Waals surface area contributed by atoms with Crippen molar-refractivity contribution >= 4 is 108 Å². The van der Waals surface area contributed by atoms with Crippen molar-refractivity contribution in [1.29, 1.82) is 0 Å². The van der Waals surface area contributed by atoms with Gasteiger partial charge >= 0.3 is 18.3 Å². The maximum Gasteiger partial charge on any atom is 0.453 e. The van der Waals surface area contributed by atoms with Crippen LogP contribution >= 0.6 is 0 Å². The SMILES string of the molecule is CC(C)(c1cnc2c(n1)N(c1[c-]cccc1)[CH-]N2c1ccccc1)C(C)(C)C(F)(F)C(F)(F)F.CC(C)(c1cnc2c(n1)N(c1[c-]cccc1)[CH-]N2c1ccccc1)C(C)(C)C(F)(F)F.CC(C)(c1cnc2c(n1)N(c1[c-]cccc1)[CH-]N2c1ccccc1)C(C)(C)[Si](C)(C)C.CC[Si](CC)(CC)C(C)(C)C(C)(C)c1cnc2c(n1)N(c1[c-]cccc1)[CH-]N2c1ccccc1.[Ir].[Ir].[Ir].[Ir]. The molecule has 134 heavy (non-hydrogen) atoms. The van der Waals surface area contributed by atoms with E-state index in [1.165, 1.54) is 58.2 Å². The van der Waals surface area contributed by atoms with Gasteiger partial charge in [0.2, 0.25) is 0 Å². The van der Waals surface area contributed by atoms with Gasteiger partial charge in [-0.2, -0.15) is 156 Å². The molecule has 8 aromatic carbocycles. The molecule has 0 fully saturated rings. The minimum atomic E-state index is -5.71. The van der Waals surface area contributed by atoms with Crippen LogP contribution in [0.4, 0.5) is 127 Å². The van der Waals surface area contributed by atoms with E-state index in [4.69, 9.17) is 24.9 Å². The number of rotatable bonds is 22. The van der Waals surface area contributed by atoms with Gasteiger partial charge in [-0.05, 0) is 58.6 Å². The molecular weight excluding hydrogens is 2450 g/mol. The van der Waals surface area contributed by atoms with Crippen molar-refractivity contribution in [2.75, 3.05) is 39.2 Å². The number of halogens is 8. The molecule has 4 aromatic heterocycles. The number of fused-ring (bicyclic) bond motifs is 4. The number of anilines is 16. The van der Waals surface area contributed by atoms with Gasteiger partial charge in [-0.3, -0.25) is 0 Å². The van der Waals surface area contributed by atoms with Crippen molar-refractivity contribution in [2.24, 2.45) is 10.8 Å². The van der Waals surface area contributed by atoms with Crippen molar-refractivity contribution in [2.45, 2.75) is 219 Å². The Kier molecular flexibility index (Phi) is 33.8. The number of para-hydroxylation sites is 8. The largest absolute Gasteiger partial charge is 0.477 e. The van der Waals surface area contributed by atoms with E-state index in [9.17, 15) is 35.1 Å². The molecule has 30 heteroatoms. The first kappa shape index (κ1) is 109. The van der Waals surface area contributed by atoms with Gasteiger partial charge in [0, 0.05) is 130 Å². The summed E-state index contributed by atoms with van der Waals surface area (Å²) in [5.74, 6) is 0.195. The molecule has 0 aliphatic carbocycles. The number of aromatic nitrogens is 8. The van der Waals surface area contributed by atoms with Gasteiger partial charge in [0.05, 0.1) is 69.1 Å². The van der Waals surface area contributed by atoms with Crippen molar-refractivity contribution in [3.63, 3.8) is 0 Å². The monoisotopic (exact) mass is 2570 g/mol. The Hall–Kier alpha value is -9.05. The topological polar surface area (TPSA) is 129 Å². The Bertz CT molecular complexity index is 5510. The molecule has 0 atom stereocenters. The summed E-state index contributed by atoms with van der Waals surface area (Å²) < 4.78 is 111. The molecule has 0 N–H and O–H groups in total. The summed E-state index contributed by atoms with van der Waals surface area (Å²) in [6, 6.07) is 86.9. The molecule has 4 aliphatic rings. The summed E-state index contributed by atoms with van der Waals surface area (Å²) in [5, 5.41) is 0.292. The van der Waals surface area contributed by atoms with Crippen LogP contribution in [-0.2, 0) is 102 Å². The number of nitrogens with zero attached hydrogens (tertiary/aromatic N) is 16. The molecule has 0 unspecified atom stereocenters. The van der Waals surface area contributed by atoms with E-state index < -0.39 is 56.1 Å². The second-order valence-corrected chi connectivity index (χ2v) is 50.2. The number of benzene rings is 8. The summed E-state index contributed by atoms with van der Waals surface area (Å²) in [6.07, 6.45) is -3.39. The van der Waals surface area contributed by atoms with E-state index in [1.807, 2.05) is 163 Å². The predicted octanol–water partition coefficient (Wildman–Crippen LogP) is 29.1. The molecule has 0 saturated heterocycles. The van der Waals surface area contributed by atoms with E-state index in [0.29, 0.717) is 29.0 Å². The van der Waals surface area contributed by atoms with Crippen LogP contribution in [0.3, 0.4) is 0 Å². The van der Waals surface area contributed by atoms with E-state index in [-0.39, 0.29) is 113 Å². The quantitative estimate of drug-likeness (QED) is 0.0362. The second kappa shape index (κ2) is 41.7. The van der Waals surface area contributed by atoms with Crippen molar-refractivity contribution < 1.29 is 116 Å². The van der Waals surface area contributed by atoms with Crippen LogP contribution in [0.2, 0.25) is 47.8 Å².